The van der Waals surface area contributed by atoms with E-state index in [1.165, 1.54) is 4.90 Å². The van der Waals surface area contributed by atoms with E-state index in [2.05, 4.69) is 21.3 Å². The number of nitrogens with zero attached hydrogens (tertiary/aromatic N) is 1. The Morgan fingerprint density at radius 1 is 0.898 bits per heavy atom. The molecule has 4 N–H and O–H groups in total. The van der Waals surface area contributed by atoms with Crippen molar-refractivity contribution in [3.05, 3.63) is 65.2 Å². The van der Waals surface area contributed by atoms with E-state index >= 15 is 0 Å². The smallest absolute Gasteiger partial charge is 0.333 e. The van der Waals surface area contributed by atoms with Crippen molar-refractivity contribution in [1.82, 2.24) is 26.2 Å². The normalized spacial score (nSPS) is 20.3. The van der Waals surface area contributed by atoms with Crippen LogP contribution in [0.3, 0.4) is 0 Å². The van der Waals surface area contributed by atoms with Gasteiger partial charge in [-0.2, -0.15) is 0 Å². The molecule has 1 saturated carbocycles. The molecule has 2 aromatic rings. The maximum Gasteiger partial charge on any atom is 0.333 e. The van der Waals surface area contributed by atoms with Crippen molar-refractivity contribution in [1.29, 1.82) is 0 Å². The predicted octanol–water partition coefficient (Wildman–Crippen LogP) is 4.52. The van der Waals surface area contributed by atoms with Crippen LogP contribution in [-0.2, 0) is 51.3 Å². The number of fused-ring (bicyclic) bond motifs is 2. The summed E-state index contributed by atoms with van der Waals surface area (Å²) in [7, 11) is 0. The van der Waals surface area contributed by atoms with Crippen LogP contribution in [0.2, 0.25) is 0 Å². The number of benzene rings is 2. The van der Waals surface area contributed by atoms with Gasteiger partial charge in [0.1, 0.15) is 23.4 Å². The van der Waals surface area contributed by atoms with Crippen molar-refractivity contribution in [2.24, 2.45) is 5.92 Å². The number of hydrogen-bond acceptors (Lipinski definition) is 9. The molecule has 0 radical (unpaired) electrons. The Morgan fingerprint density at radius 2 is 1.61 bits per heavy atom. The molecule has 5 rings (SSSR count). The number of carbonyl (C=O) groups is 7. The molecule has 14 heteroatoms. The number of ether oxygens (including phenoxy) is 2. The van der Waals surface area contributed by atoms with Crippen molar-refractivity contribution in [3.8, 4) is 5.75 Å². The van der Waals surface area contributed by atoms with Crippen LogP contribution < -0.4 is 26.0 Å². The van der Waals surface area contributed by atoms with E-state index < -0.39 is 65.8 Å². The van der Waals surface area contributed by atoms with Crippen LogP contribution in [0, 0.1) is 5.92 Å². The zero-order chi connectivity index (χ0) is 42.5. The van der Waals surface area contributed by atoms with Gasteiger partial charge in [0.2, 0.25) is 29.4 Å². The molecule has 2 aromatic carbocycles. The van der Waals surface area contributed by atoms with Crippen molar-refractivity contribution >= 4 is 41.3 Å². The number of ketones is 1. The number of amides is 5. The van der Waals surface area contributed by atoms with Crippen molar-refractivity contribution in [3.63, 3.8) is 0 Å². The second-order valence-corrected chi connectivity index (χ2v) is 16.9. The van der Waals surface area contributed by atoms with Crippen molar-refractivity contribution in [2.45, 2.75) is 147 Å². The van der Waals surface area contributed by atoms with Gasteiger partial charge in [-0.1, -0.05) is 81.8 Å². The highest BCUT2D eigenvalue weighted by Gasteiger charge is 2.42. The molecule has 1 fully saturated rings. The Bertz CT molecular complexity index is 1820. The summed E-state index contributed by atoms with van der Waals surface area (Å²) in [6, 6.07) is 9.92. The minimum atomic E-state index is -1.25. The van der Waals surface area contributed by atoms with E-state index in [1.807, 2.05) is 18.2 Å². The largest absolute Gasteiger partial charge is 0.494 e. The SMILES string of the molecule is CCC[C@H](NC(=O)C1Cc2ccc3cc2CN1C(=O)[C@H](C1CCCCC1)NC(=O)CCCCCCO3)C(=O)C(=O)NCC(=O)N[C@H](C(=O)OC(C)(C)C)c1ccccc1. The zero-order valence-corrected chi connectivity index (χ0v) is 34.9. The first-order valence-electron chi connectivity index (χ1n) is 21.3. The summed E-state index contributed by atoms with van der Waals surface area (Å²) in [5.41, 5.74) is 1.34. The molecule has 3 bridgehead atoms. The van der Waals surface area contributed by atoms with E-state index in [1.54, 1.807) is 58.0 Å². The summed E-state index contributed by atoms with van der Waals surface area (Å²) >= 11 is 0. The highest BCUT2D eigenvalue weighted by atomic mass is 16.6. The maximum atomic E-state index is 14.7. The third-order valence-corrected chi connectivity index (χ3v) is 11.1. The van der Waals surface area contributed by atoms with Crippen LogP contribution in [0.25, 0.3) is 0 Å². The molecule has 1 aliphatic carbocycles. The molecule has 0 saturated heterocycles. The molecular formula is C45H61N5O9. The molecule has 0 spiro atoms. The molecule has 2 heterocycles. The lowest BCUT2D eigenvalue weighted by atomic mass is 9.82. The molecule has 59 heavy (non-hydrogen) atoms. The lowest BCUT2D eigenvalue weighted by molar-refractivity contribution is -0.158. The fraction of sp³-hybridized carbons (Fsp3) is 0.578. The van der Waals surface area contributed by atoms with Crippen LogP contribution in [0.5, 0.6) is 5.75 Å². The molecule has 4 atom stereocenters. The van der Waals surface area contributed by atoms with E-state index in [0.717, 1.165) is 62.5 Å². The maximum absolute atomic E-state index is 14.7. The average molecular weight is 816 g/mol. The Morgan fingerprint density at radius 3 is 2.32 bits per heavy atom. The quantitative estimate of drug-likeness (QED) is 0.177. The fourth-order valence-electron chi connectivity index (χ4n) is 8.05. The summed E-state index contributed by atoms with van der Waals surface area (Å²) < 4.78 is 11.6. The third-order valence-electron chi connectivity index (χ3n) is 11.1. The Balaban J connectivity index is 1.32. The van der Waals surface area contributed by atoms with Crippen LogP contribution in [-0.4, -0.2) is 83.1 Å². The van der Waals surface area contributed by atoms with Gasteiger partial charge in [-0.15, -0.1) is 0 Å². The van der Waals surface area contributed by atoms with Crippen molar-refractivity contribution < 1.29 is 43.0 Å². The van der Waals surface area contributed by atoms with Gasteiger partial charge in [-0.25, -0.2) is 4.79 Å². The van der Waals surface area contributed by atoms with Gasteiger partial charge in [-0.05, 0) is 87.6 Å². The first kappa shape index (κ1) is 44.8. The second-order valence-electron chi connectivity index (χ2n) is 16.9. The summed E-state index contributed by atoms with van der Waals surface area (Å²) in [6.07, 6.45) is 8.85. The number of rotatable bonds is 12. The third kappa shape index (κ3) is 12.9. The molecule has 2 aliphatic heterocycles. The van der Waals surface area contributed by atoms with Gasteiger partial charge in [0, 0.05) is 19.4 Å². The summed E-state index contributed by atoms with van der Waals surface area (Å²) in [5.74, 6) is -4.01. The van der Waals surface area contributed by atoms with Crippen molar-refractivity contribution in [2.75, 3.05) is 13.2 Å². The van der Waals surface area contributed by atoms with E-state index in [4.69, 9.17) is 9.47 Å². The number of esters is 1. The van der Waals surface area contributed by atoms with E-state index in [0.29, 0.717) is 37.2 Å². The molecule has 14 nitrogen and oxygen atoms in total. The second kappa shape index (κ2) is 21.1. The topological polar surface area (TPSA) is 189 Å². The number of carbonyl (C=O) groups excluding carboxylic acids is 7. The molecule has 3 aliphatic rings. The van der Waals surface area contributed by atoms with Gasteiger partial charge >= 0.3 is 5.97 Å². The zero-order valence-electron chi connectivity index (χ0n) is 34.9. The minimum absolute atomic E-state index is 0.0821. The van der Waals surface area contributed by atoms with Gasteiger partial charge in [0.05, 0.1) is 19.2 Å². The number of nitrogens with one attached hydrogen (secondary N) is 4. The van der Waals surface area contributed by atoms with E-state index in [-0.39, 0.29) is 37.1 Å². The lowest BCUT2D eigenvalue weighted by Gasteiger charge is -2.40. The molecule has 1 unspecified atom stereocenters. The summed E-state index contributed by atoms with van der Waals surface area (Å²) in [6.45, 7) is 6.92. The lowest BCUT2D eigenvalue weighted by Crippen LogP contribution is -2.61. The predicted molar refractivity (Wildman–Crippen MR) is 220 cm³/mol. The standard InChI is InChI=1S/C45H61N5O9/c1-5-16-34(40(53)42(55)46-27-37(52)49-39(30-19-12-9-13-20-30)44(57)59-45(2,3)4)47-41(54)35-26-31-22-23-33-25-32(31)28-50(35)43(56)38(29-17-10-8-11-18-29)48-36(51)21-14-6-7-15-24-58-33/h9,12-13,19-20,22-23,25,29,34-35,38-39H,5-8,10-11,14-18,21,24,26-28H2,1-4H3,(H,46,55)(H,47,54)(H,48,51)(H,49,52)/t34-,35?,38-,39-/m0/s1. The molecule has 0 aromatic heterocycles. The first-order valence-corrected chi connectivity index (χ1v) is 21.3. The van der Waals surface area contributed by atoms with Crippen LogP contribution in [0.4, 0.5) is 0 Å². The van der Waals surface area contributed by atoms with Gasteiger partial charge < -0.3 is 35.6 Å². The fourth-order valence-corrected chi connectivity index (χ4v) is 8.05. The van der Waals surface area contributed by atoms with Gasteiger partial charge in [0.15, 0.2) is 6.04 Å². The van der Waals surface area contributed by atoms with Crippen LogP contribution in [0.15, 0.2) is 48.5 Å². The average Bonchev–Trinajstić information content (AvgIpc) is 3.21. The Labute approximate surface area is 347 Å². The van der Waals surface area contributed by atoms with E-state index in [9.17, 15) is 33.6 Å². The van der Waals surface area contributed by atoms with Gasteiger partial charge in [0.25, 0.3) is 5.91 Å². The number of hydrogen-bond donors (Lipinski definition) is 4. The Hall–Kier alpha value is -5.27. The number of Topliss-reactive ketones (excluding diaryl/α,β-unsaturated/α-hetero) is 1. The molecular weight excluding hydrogens is 755 g/mol. The molecule has 5 amide bonds. The molecule has 320 valence electrons. The summed E-state index contributed by atoms with van der Waals surface area (Å²) in [4.78, 5) is 96.9. The summed E-state index contributed by atoms with van der Waals surface area (Å²) in [5, 5.41) is 10.8. The van der Waals surface area contributed by atoms with Gasteiger partial charge in [-0.3, -0.25) is 28.8 Å². The minimum Gasteiger partial charge on any atom is -0.494 e. The van der Waals surface area contributed by atoms with Crippen LogP contribution >= 0.6 is 0 Å². The highest BCUT2D eigenvalue weighted by Crippen LogP contribution is 2.32. The Kier molecular flexibility index (Phi) is 16.0. The highest BCUT2D eigenvalue weighted by molar-refractivity contribution is 6.38. The van der Waals surface area contributed by atoms with Crippen LogP contribution in [0.1, 0.15) is 127 Å². The monoisotopic (exact) mass is 815 g/mol. The first-order chi connectivity index (χ1) is 28.2.